The Bertz CT molecular complexity index is 173. The first-order valence-electron chi connectivity index (χ1n) is 5.11. The monoisotopic (exact) mass is 200 g/mol. The third-order valence-corrected chi connectivity index (χ3v) is 1.48. The van der Waals surface area contributed by atoms with E-state index in [9.17, 15) is 4.79 Å². The van der Waals surface area contributed by atoms with Gasteiger partial charge in [0.2, 0.25) is 0 Å². The van der Waals surface area contributed by atoms with Gasteiger partial charge in [-0.2, -0.15) is 0 Å². The van der Waals surface area contributed by atoms with Gasteiger partial charge < -0.3 is 9.47 Å². The van der Waals surface area contributed by atoms with Gasteiger partial charge in [-0.1, -0.05) is 27.2 Å². The van der Waals surface area contributed by atoms with E-state index in [4.69, 9.17) is 9.47 Å². The molecule has 0 unspecified atom stereocenters. The summed E-state index contributed by atoms with van der Waals surface area (Å²) in [6.45, 7) is 7.19. The molecule has 0 radical (unpaired) electrons. The molecule has 0 aliphatic carbocycles. The second kappa shape index (κ2) is 8.60. The highest BCUT2D eigenvalue weighted by molar-refractivity contribution is 5.81. The Morgan fingerprint density at radius 3 is 2.71 bits per heavy atom. The van der Waals surface area contributed by atoms with Crippen LogP contribution in [0.5, 0.6) is 0 Å². The molecule has 0 fully saturated rings. The zero-order valence-corrected chi connectivity index (χ0v) is 9.29. The zero-order valence-electron chi connectivity index (χ0n) is 9.29. The lowest BCUT2D eigenvalue weighted by atomic mass is 10.2. The normalized spacial score (nSPS) is 10.9. The number of hydrogen-bond donors (Lipinski definition) is 0. The van der Waals surface area contributed by atoms with Crippen LogP contribution in [0.4, 0.5) is 0 Å². The molecule has 0 bridgehead atoms. The minimum Gasteiger partial charge on any atom is -0.501 e. The summed E-state index contributed by atoms with van der Waals surface area (Å²) in [5, 5.41) is 0. The third kappa shape index (κ3) is 9.10. The lowest BCUT2D eigenvalue weighted by molar-refractivity contribution is -0.138. The van der Waals surface area contributed by atoms with Gasteiger partial charge in [0.25, 0.3) is 0 Å². The van der Waals surface area contributed by atoms with Crippen molar-refractivity contribution in [3.8, 4) is 0 Å². The van der Waals surface area contributed by atoms with Gasteiger partial charge in [-0.15, -0.1) is 0 Å². The summed E-state index contributed by atoms with van der Waals surface area (Å²) < 4.78 is 9.97. The fourth-order valence-corrected chi connectivity index (χ4v) is 0.696. The van der Waals surface area contributed by atoms with E-state index in [0.29, 0.717) is 19.1 Å². The van der Waals surface area contributed by atoms with Gasteiger partial charge in [0.15, 0.2) is 0 Å². The summed E-state index contributed by atoms with van der Waals surface area (Å²) in [7, 11) is 0. The van der Waals surface area contributed by atoms with Gasteiger partial charge in [0, 0.05) is 0 Å². The average Bonchev–Trinajstić information content (AvgIpc) is 2.14. The van der Waals surface area contributed by atoms with Crippen molar-refractivity contribution in [1.82, 2.24) is 0 Å². The maximum absolute atomic E-state index is 11.0. The molecule has 3 heteroatoms. The summed E-state index contributed by atoms with van der Waals surface area (Å²) in [5.41, 5.74) is 0. The molecule has 0 N–H and O–H groups in total. The maximum Gasteiger partial charge on any atom is 0.333 e. The lowest BCUT2D eigenvalue weighted by Gasteiger charge is -2.03. The molecule has 0 saturated carbocycles. The zero-order chi connectivity index (χ0) is 10.8. The molecule has 0 rings (SSSR count). The predicted molar refractivity (Wildman–Crippen MR) is 55.8 cm³/mol. The third-order valence-electron chi connectivity index (χ3n) is 1.48. The van der Waals surface area contributed by atoms with Crippen LogP contribution in [0.1, 0.15) is 33.6 Å². The number of carbonyl (C=O) groups excluding carboxylic acids is 1. The molecule has 0 saturated heterocycles. The molecule has 0 aliphatic heterocycles. The smallest absolute Gasteiger partial charge is 0.333 e. The molecule has 82 valence electrons. The Morgan fingerprint density at radius 1 is 1.43 bits per heavy atom. The molecule has 0 heterocycles. The van der Waals surface area contributed by atoms with Gasteiger partial charge >= 0.3 is 5.97 Å². The molecule has 0 aromatic carbocycles. The number of ether oxygens (including phenoxy) is 2. The van der Waals surface area contributed by atoms with E-state index in [1.165, 1.54) is 12.3 Å². The van der Waals surface area contributed by atoms with Crippen molar-refractivity contribution < 1.29 is 14.3 Å². The van der Waals surface area contributed by atoms with Crippen molar-refractivity contribution in [2.45, 2.75) is 33.6 Å². The first-order chi connectivity index (χ1) is 6.66. The average molecular weight is 200 g/mol. The Hall–Kier alpha value is -0.990. The molecule has 0 aromatic rings. The Morgan fingerprint density at radius 2 is 2.14 bits per heavy atom. The van der Waals surface area contributed by atoms with Crippen LogP contribution < -0.4 is 0 Å². The molecular formula is C11H20O3. The molecule has 0 atom stereocenters. The van der Waals surface area contributed by atoms with Crippen LogP contribution in [0.15, 0.2) is 12.3 Å². The van der Waals surface area contributed by atoms with Gasteiger partial charge in [0.05, 0.1) is 25.6 Å². The molecule has 14 heavy (non-hydrogen) atoms. The van der Waals surface area contributed by atoms with Crippen LogP contribution >= 0.6 is 0 Å². The van der Waals surface area contributed by atoms with E-state index in [1.807, 2.05) is 13.8 Å². The fourth-order valence-electron chi connectivity index (χ4n) is 0.696. The summed E-state index contributed by atoms with van der Waals surface area (Å²) >= 11 is 0. The van der Waals surface area contributed by atoms with Crippen LogP contribution in [0.2, 0.25) is 0 Å². The fraction of sp³-hybridized carbons (Fsp3) is 0.727. The molecule has 0 aromatic heterocycles. The van der Waals surface area contributed by atoms with E-state index < -0.39 is 0 Å². The lowest BCUT2D eigenvalue weighted by Crippen LogP contribution is -2.07. The second-order valence-electron chi connectivity index (χ2n) is 3.55. The second-order valence-corrected chi connectivity index (χ2v) is 3.55. The van der Waals surface area contributed by atoms with E-state index in [2.05, 4.69) is 6.92 Å². The van der Waals surface area contributed by atoms with Crippen LogP contribution in [0, 0.1) is 5.92 Å². The summed E-state index contributed by atoms with van der Waals surface area (Å²) in [4.78, 5) is 11.0. The highest BCUT2D eigenvalue weighted by Crippen LogP contribution is 1.94. The standard InChI is InChI=1S/C11H20O3/c1-4-5-7-13-8-6-11(12)14-9-10(2)3/h6,8,10H,4-5,7,9H2,1-3H3. The van der Waals surface area contributed by atoms with Gasteiger partial charge in [-0.25, -0.2) is 4.79 Å². The number of carbonyl (C=O) groups is 1. The summed E-state index contributed by atoms with van der Waals surface area (Å²) in [6, 6.07) is 0. The van der Waals surface area contributed by atoms with Crippen LogP contribution in [0.25, 0.3) is 0 Å². The number of esters is 1. The molecular weight excluding hydrogens is 180 g/mol. The molecule has 3 nitrogen and oxygen atoms in total. The minimum atomic E-state index is -0.338. The van der Waals surface area contributed by atoms with Crippen molar-refractivity contribution >= 4 is 5.97 Å². The number of hydrogen-bond acceptors (Lipinski definition) is 3. The highest BCUT2D eigenvalue weighted by Gasteiger charge is 1.98. The molecule has 0 spiro atoms. The highest BCUT2D eigenvalue weighted by atomic mass is 16.5. The van der Waals surface area contributed by atoms with Crippen LogP contribution in [-0.4, -0.2) is 19.2 Å². The van der Waals surface area contributed by atoms with Crippen molar-refractivity contribution in [1.29, 1.82) is 0 Å². The molecule has 0 amide bonds. The first-order valence-corrected chi connectivity index (χ1v) is 5.11. The predicted octanol–water partition coefficient (Wildman–Crippen LogP) is 2.52. The van der Waals surface area contributed by atoms with Crippen molar-refractivity contribution in [3.05, 3.63) is 12.3 Å². The van der Waals surface area contributed by atoms with Crippen molar-refractivity contribution in [3.63, 3.8) is 0 Å². The van der Waals surface area contributed by atoms with Crippen LogP contribution in [-0.2, 0) is 14.3 Å². The van der Waals surface area contributed by atoms with Crippen molar-refractivity contribution in [2.75, 3.05) is 13.2 Å². The Labute approximate surface area is 86.1 Å². The molecule has 0 aliphatic rings. The van der Waals surface area contributed by atoms with Crippen LogP contribution in [0.3, 0.4) is 0 Å². The largest absolute Gasteiger partial charge is 0.501 e. The summed E-state index contributed by atoms with van der Waals surface area (Å²) in [5.74, 6) is 0.0311. The van der Waals surface area contributed by atoms with E-state index in [0.717, 1.165) is 12.8 Å². The van der Waals surface area contributed by atoms with Gasteiger partial charge in [0.1, 0.15) is 0 Å². The number of unbranched alkanes of at least 4 members (excludes halogenated alkanes) is 1. The van der Waals surface area contributed by atoms with Crippen molar-refractivity contribution in [2.24, 2.45) is 5.92 Å². The van der Waals surface area contributed by atoms with E-state index >= 15 is 0 Å². The van der Waals surface area contributed by atoms with E-state index in [1.54, 1.807) is 0 Å². The van der Waals surface area contributed by atoms with E-state index in [-0.39, 0.29) is 5.97 Å². The minimum absolute atomic E-state index is 0.338. The SMILES string of the molecule is CCCCOC=CC(=O)OCC(C)C. The summed E-state index contributed by atoms with van der Waals surface area (Å²) in [6.07, 6.45) is 4.81. The number of rotatable bonds is 7. The quantitative estimate of drug-likeness (QED) is 0.274. The Balaban J connectivity index is 3.41. The first kappa shape index (κ1) is 13.0. The maximum atomic E-state index is 11.0. The van der Waals surface area contributed by atoms with Gasteiger partial charge in [-0.05, 0) is 12.3 Å². The van der Waals surface area contributed by atoms with Gasteiger partial charge in [-0.3, -0.25) is 0 Å². The topological polar surface area (TPSA) is 35.5 Å². The Kier molecular flexibility index (Phi) is 7.99.